The van der Waals surface area contributed by atoms with Gasteiger partial charge in [0.1, 0.15) is 24.4 Å². The fourth-order valence-electron chi connectivity index (χ4n) is 11.0. The molecule has 1 aliphatic heterocycles. The van der Waals surface area contributed by atoms with Crippen LogP contribution < -0.4 is 5.32 Å². The molecule has 0 aliphatic carbocycles. The van der Waals surface area contributed by atoms with Crippen molar-refractivity contribution in [2.45, 2.75) is 378 Å². The van der Waals surface area contributed by atoms with Gasteiger partial charge >= 0.3 is 10.4 Å². The van der Waals surface area contributed by atoms with Crippen molar-refractivity contribution in [2.75, 3.05) is 13.2 Å². The third-order valence-electron chi connectivity index (χ3n) is 16.1. The lowest BCUT2D eigenvalue weighted by atomic mass is 9.99. The second-order valence-corrected chi connectivity index (χ2v) is 24.5. The fraction of sp³-hybridized carbons (Fsp3) is 0.953. The van der Waals surface area contributed by atoms with E-state index in [1.54, 1.807) is 6.08 Å². The number of ether oxygens (including phenoxy) is 2. The van der Waals surface area contributed by atoms with Crippen LogP contribution >= 0.6 is 0 Å². The minimum absolute atomic E-state index is 0.253. The Morgan fingerprint density at radius 2 is 0.818 bits per heavy atom. The first kappa shape index (κ1) is 73.9. The molecule has 1 heterocycles. The number of carbonyl (C=O) groups is 1. The molecule has 0 aromatic carbocycles. The highest BCUT2D eigenvalue weighted by Gasteiger charge is 2.48. The predicted octanol–water partition coefficient (Wildman–Crippen LogP) is 16.6. The van der Waals surface area contributed by atoms with Crippen molar-refractivity contribution in [1.29, 1.82) is 0 Å². The molecule has 0 radical (unpaired) electrons. The summed E-state index contributed by atoms with van der Waals surface area (Å²) >= 11 is 0. The van der Waals surface area contributed by atoms with Crippen LogP contribution in [-0.2, 0) is 28.9 Å². The second-order valence-electron chi connectivity index (χ2n) is 23.4. The molecule has 0 aromatic rings. The molecule has 1 amide bonds. The predicted molar refractivity (Wildman–Crippen MR) is 319 cm³/mol. The van der Waals surface area contributed by atoms with Crippen molar-refractivity contribution in [3.05, 3.63) is 12.2 Å². The van der Waals surface area contributed by atoms with Crippen molar-refractivity contribution in [1.82, 2.24) is 5.32 Å². The molecule has 0 spiro atoms. The summed E-state index contributed by atoms with van der Waals surface area (Å²) in [5.41, 5.74) is 0. The van der Waals surface area contributed by atoms with Gasteiger partial charge in [0.05, 0.1) is 25.4 Å². The van der Waals surface area contributed by atoms with Gasteiger partial charge in [-0.1, -0.05) is 321 Å². The number of amides is 1. The van der Waals surface area contributed by atoms with E-state index < -0.39 is 59.9 Å². The summed E-state index contributed by atoms with van der Waals surface area (Å²) in [4.78, 5) is 13.2. The van der Waals surface area contributed by atoms with Crippen molar-refractivity contribution in [3.63, 3.8) is 0 Å². The molecule has 0 bridgehead atoms. The Morgan fingerprint density at radius 1 is 0.506 bits per heavy atom. The lowest BCUT2D eigenvalue weighted by Gasteiger charge is -2.41. The van der Waals surface area contributed by atoms with E-state index in [0.717, 1.165) is 38.5 Å². The first-order valence-corrected chi connectivity index (χ1v) is 34.4. The first-order chi connectivity index (χ1) is 37.5. The van der Waals surface area contributed by atoms with Crippen molar-refractivity contribution in [2.24, 2.45) is 0 Å². The first-order valence-electron chi connectivity index (χ1n) is 33.1. The topological polar surface area (TPSA) is 192 Å². The van der Waals surface area contributed by atoms with Gasteiger partial charge in [-0.3, -0.25) is 9.35 Å². The van der Waals surface area contributed by atoms with Crippen LogP contribution in [-0.4, -0.2) is 95.4 Å². The second kappa shape index (κ2) is 54.1. The smallest absolute Gasteiger partial charge is 0.394 e. The quantitative estimate of drug-likeness (QED) is 0.0193. The summed E-state index contributed by atoms with van der Waals surface area (Å²) in [6.45, 7) is 3.46. The standard InChI is InChI=1S/C64H125NO11S/c1-3-5-7-9-11-13-15-17-19-21-23-25-27-29-30-32-34-36-38-40-42-44-46-48-50-52-54-60(68)65-57(56-74-64-62(70)63(76-77(71,72)73)61(69)59(55-66)75-64)58(67)53-51-49-47-45-43-41-39-37-35-33-31-28-26-24-22-20-18-16-14-12-10-8-6-4-2/h51,53,57-59,61-64,66-67,69-70H,3-50,52,54-56H2,1-2H3,(H,65,68)(H,71,72,73)/b53-51+. The Hall–Kier alpha value is -1.16. The molecule has 77 heavy (non-hydrogen) atoms. The minimum atomic E-state index is -5.09. The van der Waals surface area contributed by atoms with Crippen molar-refractivity contribution in [3.8, 4) is 0 Å². The molecule has 6 N–H and O–H groups in total. The van der Waals surface area contributed by atoms with Crippen LogP contribution in [0.5, 0.6) is 0 Å². The molecule has 458 valence electrons. The Labute approximate surface area is 474 Å². The molecule has 13 heteroatoms. The third kappa shape index (κ3) is 46.1. The Kier molecular flexibility index (Phi) is 51.9. The molecule has 7 unspecified atom stereocenters. The van der Waals surface area contributed by atoms with Crippen LogP contribution in [0, 0.1) is 0 Å². The summed E-state index contributed by atoms with van der Waals surface area (Å²) in [5, 5.41) is 45.1. The van der Waals surface area contributed by atoms with Crippen LogP contribution in [0.25, 0.3) is 0 Å². The monoisotopic (exact) mass is 1120 g/mol. The normalized spacial score (nSPS) is 18.9. The molecular weight excluding hydrogens is 991 g/mol. The van der Waals surface area contributed by atoms with Crippen molar-refractivity contribution < 1.29 is 51.8 Å². The number of unbranched alkanes of at least 4 members (excludes halogenated alkanes) is 47. The zero-order valence-corrected chi connectivity index (χ0v) is 50.9. The van der Waals surface area contributed by atoms with Gasteiger partial charge in [0.25, 0.3) is 0 Å². The molecule has 0 saturated carbocycles. The zero-order valence-electron chi connectivity index (χ0n) is 50.1. The Morgan fingerprint density at radius 3 is 1.13 bits per heavy atom. The summed E-state index contributed by atoms with van der Waals surface area (Å²) in [7, 11) is -5.09. The summed E-state index contributed by atoms with van der Waals surface area (Å²) in [6, 6.07) is -0.941. The SMILES string of the molecule is CCCCCCCCCCCCCCCCCCCCCCCC/C=C/C(O)C(COC1OC(CO)C(O)C(OS(=O)(=O)O)C1O)NC(=O)CCCCCCCCCCCCCCCCCCCCCCCCCCCC. The molecule has 1 fully saturated rings. The maximum absolute atomic E-state index is 13.2. The number of hydrogen-bond acceptors (Lipinski definition) is 10. The molecule has 1 aliphatic rings. The fourth-order valence-corrected chi connectivity index (χ4v) is 11.5. The number of hydrogen-bond donors (Lipinski definition) is 6. The molecule has 0 aromatic heterocycles. The van der Waals surface area contributed by atoms with E-state index in [-0.39, 0.29) is 18.9 Å². The number of aliphatic hydroxyl groups is 4. The van der Waals surface area contributed by atoms with E-state index in [1.807, 2.05) is 6.08 Å². The summed E-state index contributed by atoms with van der Waals surface area (Å²) in [6.07, 6.45) is 58.4. The molecule has 12 nitrogen and oxygen atoms in total. The van der Waals surface area contributed by atoms with E-state index in [4.69, 9.17) is 9.47 Å². The van der Waals surface area contributed by atoms with Gasteiger partial charge in [0.15, 0.2) is 6.29 Å². The highest BCUT2D eigenvalue weighted by molar-refractivity contribution is 7.80. The van der Waals surface area contributed by atoms with Gasteiger partial charge in [-0.15, -0.1) is 0 Å². The van der Waals surface area contributed by atoms with E-state index in [0.29, 0.717) is 6.42 Å². The average molecular weight is 1120 g/mol. The molecule has 1 saturated heterocycles. The maximum atomic E-state index is 13.2. The molecule has 1 rings (SSSR count). The summed E-state index contributed by atoms with van der Waals surface area (Å²) < 4.78 is 48.0. The zero-order chi connectivity index (χ0) is 56.1. The number of allylic oxidation sites excluding steroid dienone is 1. The largest absolute Gasteiger partial charge is 0.397 e. The molecular formula is C64H125NO11S. The van der Waals surface area contributed by atoms with Gasteiger partial charge in [-0.05, 0) is 19.3 Å². The lowest BCUT2D eigenvalue weighted by molar-refractivity contribution is -0.298. The van der Waals surface area contributed by atoms with E-state index >= 15 is 0 Å². The van der Waals surface area contributed by atoms with Crippen LogP contribution in [0.1, 0.15) is 335 Å². The lowest BCUT2D eigenvalue weighted by Crippen LogP contribution is -2.61. The van der Waals surface area contributed by atoms with E-state index in [1.165, 1.54) is 270 Å². The number of nitrogens with one attached hydrogen (secondary N) is 1. The average Bonchev–Trinajstić information content (AvgIpc) is 3.41. The Bertz CT molecular complexity index is 1400. The van der Waals surface area contributed by atoms with Crippen molar-refractivity contribution >= 4 is 16.3 Å². The number of rotatable bonds is 59. The van der Waals surface area contributed by atoms with Crippen LogP contribution in [0.15, 0.2) is 12.2 Å². The van der Waals surface area contributed by atoms with Crippen LogP contribution in [0.2, 0.25) is 0 Å². The number of carbonyl (C=O) groups excluding carboxylic acids is 1. The van der Waals surface area contributed by atoms with Gasteiger partial charge in [-0.25, -0.2) is 4.18 Å². The van der Waals surface area contributed by atoms with Gasteiger partial charge < -0.3 is 35.2 Å². The van der Waals surface area contributed by atoms with Gasteiger partial charge in [-0.2, -0.15) is 8.42 Å². The Balaban J connectivity index is 2.29. The van der Waals surface area contributed by atoms with Gasteiger partial charge in [0.2, 0.25) is 5.91 Å². The van der Waals surface area contributed by atoms with Gasteiger partial charge in [0, 0.05) is 6.42 Å². The van der Waals surface area contributed by atoms with E-state index in [9.17, 15) is 38.2 Å². The minimum Gasteiger partial charge on any atom is -0.394 e. The van der Waals surface area contributed by atoms with E-state index in [2.05, 4.69) is 23.3 Å². The highest BCUT2D eigenvalue weighted by atomic mass is 32.3. The maximum Gasteiger partial charge on any atom is 0.397 e. The van der Waals surface area contributed by atoms with Crippen LogP contribution in [0.4, 0.5) is 0 Å². The molecule has 7 atom stereocenters. The number of aliphatic hydroxyl groups excluding tert-OH is 4. The summed E-state index contributed by atoms with van der Waals surface area (Å²) in [5.74, 6) is -0.253. The highest BCUT2D eigenvalue weighted by Crippen LogP contribution is 2.26. The van der Waals surface area contributed by atoms with Crippen LogP contribution in [0.3, 0.4) is 0 Å². The third-order valence-corrected chi connectivity index (χ3v) is 16.5.